The molecular weight excluding hydrogens is 150 g/mol. The van der Waals surface area contributed by atoms with Crippen LogP contribution in [0.25, 0.3) is 0 Å². The van der Waals surface area contributed by atoms with Gasteiger partial charge in [-0.05, 0) is 27.9 Å². The minimum absolute atomic E-state index is 0.609. The Morgan fingerprint density at radius 2 is 1.50 bits per heavy atom. The van der Waals surface area contributed by atoms with Crippen LogP contribution in [0.2, 0.25) is 0 Å². The average Bonchev–Trinajstić information content (AvgIpc) is 2.46. The fourth-order valence-electron chi connectivity index (χ4n) is 1.84. The molecule has 1 heterocycles. The Kier molecular flexibility index (Phi) is 3.50. The molecule has 0 amide bonds. The van der Waals surface area contributed by atoms with Crippen LogP contribution in [-0.2, 0) is 0 Å². The first-order valence-electron chi connectivity index (χ1n) is 4.77. The van der Waals surface area contributed by atoms with Gasteiger partial charge in [-0.25, -0.2) is 0 Å². The lowest BCUT2D eigenvalue weighted by Gasteiger charge is -2.19. The second-order valence-electron chi connectivity index (χ2n) is 3.84. The minimum Gasteiger partial charge on any atom is -0.314 e. The molecule has 72 valence electrons. The molecule has 1 aliphatic rings. The third-order valence-electron chi connectivity index (χ3n) is 2.82. The number of likely N-dealkylation sites (N-methyl/N-ethyl adjacent to an activating group) is 2. The third kappa shape index (κ3) is 1.97. The van der Waals surface area contributed by atoms with Crippen molar-refractivity contribution in [3.05, 3.63) is 0 Å². The van der Waals surface area contributed by atoms with Crippen LogP contribution in [0, 0.1) is 0 Å². The van der Waals surface area contributed by atoms with Crippen molar-refractivity contribution in [2.24, 2.45) is 0 Å². The van der Waals surface area contributed by atoms with Crippen molar-refractivity contribution in [1.29, 1.82) is 0 Å². The molecule has 0 saturated carbocycles. The fraction of sp³-hybridized carbons (Fsp3) is 1.00. The molecule has 3 heteroatoms. The van der Waals surface area contributed by atoms with E-state index in [0.29, 0.717) is 18.1 Å². The van der Waals surface area contributed by atoms with Gasteiger partial charge in [-0.3, -0.25) is 4.90 Å². The van der Waals surface area contributed by atoms with Gasteiger partial charge in [0.2, 0.25) is 0 Å². The summed E-state index contributed by atoms with van der Waals surface area (Å²) < 4.78 is 0. The molecule has 0 spiro atoms. The summed E-state index contributed by atoms with van der Waals surface area (Å²) >= 11 is 0. The van der Waals surface area contributed by atoms with E-state index in [0.717, 1.165) is 0 Å². The molecule has 0 bridgehead atoms. The second kappa shape index (κ2) is 4.21. The first-order chi connectivity index (χ1) is 5.69. The maximum Gasteiger partial charge on any atom is 0.0359 e. The van der Waals surface area contributed by atoms with Crippen LogP contribution in [0.1, 0.15) is 13.8 Å². The molecule has 1 saturated heterocycles. The highest BCUT2D eigenvalue weighted by Crippen LogP contribution is 2.12. The van der Waals surface area contributed by atoms with Gasteiger partial charge >= 0.3 is 0 Å². The standard InChI is InChI=1S/C9H21N3/c1-7(2)12-5-8(10-3)9(6-12)11-4/h7-11H,5-6H2,1-4H3/t8-,9-/m1/s1. The molecule has 0 radical (unpaired) electrons. The molecule has 0 unspecified atom stereocenters. The SMILES string of the molecule is CN[C@@H]1CN(C(C)C)C[C@H]1NC. The molecule has 2 N–H and O–H groups in total. The minimum atomic E-state index is 0.609. The molecule has 3 nitrogen and oxygen atoms in total. The average molecular weight is 171 g/mol. The van der Waals surface area contributed by atoms with Crippen LogP contribution in [0.5, 0.6) is 0 Å². The Hall–Kier alpha value is -0.120. The maximum atomic E-state index is 3.35. The van der Waals surface area contributed by atoms with E-state index in [1.165, 1.54) is 13.1 Å². The zero-order valence-electron chi connectivity index (χ0n) is 8.59. The summed E-state index contributed by atoms with van der Waals surface area (Å²) in [6.45, 7) is 6.84. The number of hydrogen-bond donors (Lipinski definition) is 2. The van der Waals surface area contributed by atoms with Crippen LogP contribution < -0.4 is 10.6 Å². The predicted octanol–water partition coefficient (Wildman–Crippen LogP) is -0.114. The van der Waals surface area contributed by atoms with Gasteiger partial charge in [0.05, 0.1) is 0 Å². The quantitative estimate of drug-likeness (QED) is 0.620. The fourth-order valence-corrected chi connectivity index (χ4v) is 1.84. The lowest BCUT2D eigenvalue weighted by atomic mass is 10.2. The van der Waals surface area contributed by atoms with Crippen molar-refractivity contribution < 1.29 is 0 Å². The van der Waals surface area contributed by atoms with Crippen molar-refractivity contribution in [3.63, 3.8) is 0 Å². The van der Waals surface area contributed by atoms with E-state index in [1.54, 1.807) is 0 Å². The lowest BCUT2D eigenvalue weighted by Crippen LogP contribution is -2.43. The topological polar surface area (TPSA) is 27.3 Å². The number of likely N-dealkylation sites (tertiary alicyclic amines) is 1. The van der Waals surface area contributed by atoms with Gasteiger partial charge in [0.15, 0.2) is 0 Å². The van der Waals surface area contributed by atoms with Gasteiger partial charge in [-0.15, -0.1) is 0 Å². The van der Waals surface area contributed by atoms with E-state index in [1.807, 2.05) is 14.1 Å². The zero-order chi connectivity index (χ0) is 9.14. The van der Waals surface area contributed by atoms with Crippen LogP contribution in [0.15, 0.2) is 0 Å². The van der Waals surface area contributed by atoms with Crippen LogP contribution in [0.4, 0.5) is 0 Å². The molecular formula is C9H21N3. The van der Waals surface area contributed by atoms with E-state index in [4.69, 9.17) is 0 Å². The summed E-state index contributed by atoms with van der Waals surface area (Å²) in [4.78, 5) is 2.50. The normalized spacial score (nSPS) is 31.8. The van der Waals surface area contributed by atoms with Crippen LogP contribution in [0.3, 0.4) is 0 Å². The van der Waals surface area contributed by atoms with E-state index >= 15 is 0 Å². The van der Waals surface area contributed by atoms with Crippen molar-refractivity contribution >= 4 is 0 Å². The number of hydrogen-bond acceptors (Lipinski definition) is 3. The third-order valence-corrected chi connectivity index (χ3v) is 2.82. The first kappa shape index (κ1) is 9.96. The summed E-state index contributed by atoms with van der Waals surface area (Å²) in [5.41, 5.74) is 0. The molecule has 1 aliphatic heterocycles. The van der Waals surface area contributed by atoms with E-state index in [9.17, 15) is 0 Å². The van der Waals surface area contributed by atoms with Crippen LogP contribution in [-0.4, -0.2) is 50.2 Å². The molecule has 2 atom stereocenters. The van der Waals surface area contributed by atoms with E-state index in [2.05, 4.69) is 29.4 Å². The van der Waals surface area contributed by atoms with Crippen molar-refractivity contribution in [2.75, 3.05) is 27.2 Å². The Balaban J connectivity index is 2.47. The summed E-state index contributed by atoms with van der Waals surface area (Å²) in [7, 11) is 4.08. The van der Waals surface area contributed by atoms with Crippen molar-refractivity contribution in [2.45, 2.75) is 32.0 Å². The van der Waals surface area contributed by atoms with E-state index < -0.39 is 0 Å². The smallest absolute Gasteiger partial charge is 0.0359 e. The number of rotatable bonds is 3. The highest BCUT2D eigenvalue weighted by atomic mass is 15.2. The molecule has 0 aromatic rings. The summed E-state index contributed by atoms with van der Waals surface area (Å²) in [5, 5.41) is 6.69. The Bertz CT molecular complexity index is 124. The van der Waals surface area contributed by atoms with Gasteiger partial charge in [0.25, 0.3) is 0 Å². The Morgan fingerprint density at radius 3 is 1.75 bits per heavy atom. The zero-order valence-corrected chi connectivity index (χ0v) is 8.59. The van der Waals surface area contributed by atoms with Gasteiger partial charge in [-0.1, -0.05) is 0 Å². The Morgan fingerprint density at radius 1 is 1.08 bits per heavy atom. The summed E-state index contributed by atoms with van der Waals surface area (Å²) in [5.74, 6) is 0. The Labute approximate surface area is 75.5 Å². The molecule has 0 aromatic carbocycles. The molecule has 1 fully saturated rings. The molecule has 0 aliphatic carbocycles. The van der Waals surface area contributed by atoms with Gasteiger partial charge in [0.1, 0.15) is 0 Å². The maximum absolute atomic E-state index is 3.35. The predicted molar refractivity (Wildman–Crippen MR) is 52.4 cm³/mol. The van der Waals surface area contributed by atoms with Crippen molar-refractivity contribution in [3.8, 4) is 0 Å². The van der Waals surface area contributed by atoms with Gasteiger partial charge < -0.3 is 10.6 Å². The van der Waals surface area contributed by atoms with Crippen molar-refractivity contribution in [1.82, 2.24) is 15.5 Å². The monoisotopic (exact) mass is 171 g/mol. The highest BCUT2D eigenvalue weighted by molar-refractivity contribution is 4.93. The lowest BCUT2D eigenvalue weighted by molar-refractivity contribution is 0.266. The highest BCUT2D eigenvalue weighted by Gasteiger charge is 2.31. The molecule has 1 rings (SSSR count). The summed E-state index contributed by atoms with van der Waals surface area (Å²) in [6, 6.07) is 1.88. The van der Waals surface area contributed by atoms with Crippen LogP contribution >= 0.6 is 0 Å². The largest absolute Gasteiger partial charge is 0.314 e. The first-order valence-corrected chi connectivity index (χ1v) is 4.77. The second-order valence-corrected chi connectivity index (χ2v) is 3.84. The number of nitrogens with zero attached hydrogens (tertiary/aromatic N) is 1. The number of nitrogens with one attached hydrogen (secondary N) is 2. The van der Waals surface area contributed by atoms with E-state index in [-0.39, 0.29) is 0 Å². The molecule has 12 heavy (non-hydrogen) atoms. The molecule has 0 aromatic heterocycles. The van der Waals surface area contributed by atoms with Gasteiger partial charge in [-0.2, -0.15) is 0 Å². The van der Waals surface area contributed by atoms with Gasteiger partial charge in [0, 0.05) is 31.2 Å². The summed E-state index contributed by atoms with van der Waals surface area (Å²) in [6.07, 6.45) is 0.